The fourth-order valence-electron chi connectivity index (χ4n) is 2.44. The maximum Gasteiger partial charge on any atom is 0.331 e. The van der Waals surface area contributed by atoms with Gasteiger partial charge in [0.25, 0.3) is 5.91 Å². The Labute approximate surface area is 115 Å². The molecule has 1 heterocycles. The van der Waals surface area contributed by atoms with E-state index in [9.17, 15) is 9.59 Å². The van der Waals surface area contributed by atoms with Crippen LogP contribution in [-0.4, -0.2) is 35.5 Å². The van der Waals surface area contributed by atoms with Gasteiger partial charge in [-0.05, 0) is 46.5 Å². The Balaban J connectivity index is 2.60. The molecule has 0 N–H and O–H groups in total. The van der Waals surface area contributed by atoms with Gasteiger partial charge in [-0.15, -0.1) is 0 Å². The summed E-state index contributed by atoms with van der Waals surface area (Å²) in [5.74, 6) is -0.507. The summed E-state index contributed by atoms with van der Waals surface area (Å²) in [5, 5.41) is 0. The van der Waals surface area contributed by atoms with E-state index in [0.717, 1.165) is 31.4 Å². The number of esters is 1. The van der Waals surface area contributed by atoms with Crippen LogP contribution in [0, 0.1) is 0 Å². The number of allylic oxidation sites excluding steroid dienone is 1. The molecule has 0 radical (unpaired) electrons. The SMILES string of the molecule is CC[C@H]1CCCCN1C(=O)[C@@H](C)OC(=O)C=C(C)C. The van der Waals surface area contributed by atoms with Crippen LogP contribution in [0.5, 0.6) is 0 Å². The molecule has 108 valence electrons. The molecule has 19 heavy (non-hydrogen) atoms. The molecule has 0 aromatic heterocycles. The lowest BCUT2D eigenvalue weighted by molar-refractivity contribution is -0.157. The highest BCUT2D eigenvalue weighted by molar-refractivity contribution is 5.87. The molecule has 0 aliphatic carbocycles. The number of carbonyl (C=O) groups is 2. The number of likely N-dealkylation sites (tertiary alicyclic amines) is 1. The first kappa shape index (κ1) is 15.7. The zero-order valence-electron chi connectivity index (χ0n) is 12.4. The minimum absolute atomic E-state index is 0.0675. The summed E-state index contributed by atoms with van der Waals surface area (Å²) in [6.07, 6.45) is 4.94. The molecule has 2 atom stereocenters. The normalized spacial score (nSPS) is 20.6. The maximum absolute atomic E-state index is 12.3. The van der Waals surface area contributed by atoms with E-state index < -0.39 is 12.1 Å². The van der Waals surface area contributed by atoms with Crippen LogP contribution in [0.25, 0.3) is 0 Å². The third kappa shape index (κ3) is 4.69. The van der Waals surface area contributed by atoms with Gasteiger partial charge in [-0.3, -0.25) is 4.79 Å². The molecule has 0 bridgehead atoms. The summed E-state index contributed by atoms with van der Waals surface area (Å²) >= 11 is 0. The van der Waals surface area contributed by atoms with E-state index in [1.165, 1.54) is 12.5 Å². The summed E-state index contributed by atoms with van der Waals surface area (Å²) in [7, 11) is 0. The molecule has 1 saturated heterocycles. The lowest BCUT2D eigenvalue weighted by atomic mass is 9.99. The first-order valence-corrected chi connectivity index (χ1v) is 7.11. The Bertz CT molecular complexity index is 358. The molecule has 0 unspecified atom stereocenters. The molecular weight excluding hydrogens is 242 g/mol. The Hall–Kier alpha value is -1.32. The molecule has 4 nitrogen and oxygen atoms in total. The molecule has 1 fully saturated rings. The van der Waals surface area contributed by atoms with Crippen molar-refractivity contribution in [2.24, 2.45) is 0 Å². The Morgan fingerprint density at radius 1 is 1.37 bits per heavy atom. The molecular formula is C15H25NO3. The first-order valence-electron chi connectivity index (χ1n) is 7.11. The first-order chi connectivity index (χ1) is 8.95. The second-order valence-electron chi connectivity index (χ2n) is 5.39. The highest BCUT2D eigenvalue weighted by Crippen LogP contribution is 2.20. The summed E-state index contributed by atoms with van der Waals surface area (Å²) < 4.78 is 5.16. The third-order valence-corrected chi connectivity index (χ3v) is 3.43. The van der Waals surface area contributed by atoms with Crippen LogP contribution < -0.4 is 0 Å². The van der Waals surface area contributed by atoms with Crippen molar-refractivity contribution in [3.63, 3.8) is 0 Å². The smallest absolute Gasteiger partial charge is 0.331 e. The van der Waals surface area contributed by atoms with Crippen molar-refractivity contribution in [1.82, 2.24) is 4.90 Å². The number of hydrogen-bond donors (Lipinski definition) is 0. The van der Waals surface area contributed by atoms with Crippen molar-refractivity contribution in [3.05, 3.63) is 11.6 Å². The van der Waals surface area contributed by atoms with Gasteiger partial charge in [0, 0.05) is 18.7 Å². The molecule has 1 rings (SSSR count). The summed E-state index contributed by atoms with van der Waals surface area (Å²) in [6.45, 7) is 8.18. The van der Waals surface area contributed by atoms with Gasteiger partial charge in [-0.1, -0.05) is 12.5 Å². The van der Waals surface area contributed by atoms with Crippen molar-refractivity contribution in [1.29, 1.82) is 0 Å². The number of amides is 1. The predicted molar refractivity (Wildman–Crippen MR) is 74.6 cm³/mol. The van der Waals surface area contributed by atoms with E-state index in [0.29, 0.717) is 6.04 Å². The number of hydrogen-bond acceptors (Lipinski definition) is 3. The van der Waals surface area contributed by atoms with Crippen LogP contribution in [0.1, 0.15) is 53.4 Å². The number of rotatable bonds is 4. The van der Waals surface area contributed by atoms with Gasteiger partial charge in [0.05, 0.1) is 0 Å². The van der Waals surface area contributed by atoms with Crippen molar-refractivity contribution in [2.75, 3.05) is 6.54 Å². The fraction of sp³-hybridized carbons (Fsp3) is 0.733. The minimum atomic E-state index is -0.699. The zero-order chi connectivity index (χ0) is 14.4. The molecule has 0 saturated carbocycles. The molecule has 0 spiro atoms. The van der Waals surface area contributed by atoms with Crippen LogP contribution >= 0.6 is 0 Å². The monoisotopic (exact) mass is 267 g/mol. The standard InChI is InChI=1S/C15H25NO3/c1-5-13-8-6-7-9-16(13)15(18)12(4)19-14(17)10-11(2)3/h10,12-13H,5-9H2,1-4H3/t12-,13+/m1/s1. The second kappa shape index (κ2) is 7.31. The Morgan fingerprint density at radius 2 is 2.05 bits per heavy atom. The molecule has 1 aliphatic heterocycles. The fourth-order valence-corrected chi connectivity index (χ4v) is 2.44. The molecule has 0 aromatic rings. The molecule has 4 heteroatoms. The quantitative estimate of drug-likeness (QED) is 0.581. The molecule has 0 aromatic carbocycles. The van der Waals surface area contributed by atoms with Crippen LogP contribution in [0.3, 0.4) is 0 Å². The average Bonchev–Trinajstić information content (AvgIpc) is 2.36. The zero-order valence-corrected chi connectivity index (χ0v) is 12.4. The highest BCUT2D eigenvalue weighted by Gasteiger charge is 2.30. The Morgan fingerprint density at radius 3 is 2.63 bits per heavy atom. The van der Waals surface area contributed by atoms with Crippen LogP contribution in [0.15, 0.2) is 11.6 Å². The summed E-state index contributed by atoms with van der Waals surface area (Å²) in [5.41, 5.74) is 0.869. The van der Waals surface area contributed by atoms with Crippen LogP contribution in [0.4, 0.5) is 0 Å². The van der Waals surface area contributed by atoms with Crippen molar-refractivity contribution in [3.8, 4) is 0 Å². The van der Waals surface area contributed by atoms with Gasteiger partial charge in [-0.2, -0.15) is 0 Å². The molecule has 1 aliphatic rings. The predicted octanol–water partition coefficient (Wildman–Crippen LogP) is 2.68. The van der Waals surface area contributed by atoms with Crippen LogP contribution in [-0.2, 0) is 14.3 Å². The van der Waals surface area contributed by atoms with Gasteiger partial charge >= 0.3 is 5.97 Å². The van der Waals surface area contributed by atoms with Gasteiger partial charge in [-0.25, -0.2) is 4.79 Å². The minimum Gasteiger partial charge on any atom is -0.449 e. The van der Waals surface area contributed by atoms with E-state index in [-0.39, 0.29) is 5.91 Å². The van der Waals surface area contributed by atoms with Gasteiger partial charge in [0.2, 0.25) is 0 Å². The van der Waals surface area contributed by atoms with Crippen molar-refractivity contribution in [2.45, 2.75) is 65.5 Å². The van der Waals surface area contributed by atoms with Crippen molar-refractivity contribution >= 4 is 11.9 Å². The van der Waals surface area contributed by atoms with E-state index in [4.69, 9.17) is 4.74 Å². The van der Waals surface area contributed by atoms with E-state index in [1.807, 2.05) is 18.7 Å². The Kier molecular flexibility index (Phi) is 6.06. The van der Waals surface area contributed by atoms with Crippen molar-refractivity contribution < 1.29 is 14.3 Å². The average molecular weight is 267 g/mol. The van der Waals surface area contributed by atoms with Gasteiger partial charge in [0.1, 0.15) is 0 Å². The third-order valence-electron chi connectivity index (χ3n) is 3.43. The lowest BCUT2D eigenvalue weighted by Gasteiger charge is -2.36. The van der Waals surface area contributed by atoms with E-state index in [1.54, 1.807) is 6.92 Å². The lowest BCUT2D eigenvalue weighted by Crippen LogP contribution is -2.48. The van der Waals surface area contributed by atoms with Gasteiger partial charge < -0.3 is 9.64 Å². The van der Waals surface area contributed by atoms with E-state index in [2.05, 4.69) is 6.92 Å². The van der Waals surface area contributed by atoms with E-state index >= 15 is 0 Å². The van der Waals surface area contributed by atoms with Crippen LogP contribution in [0.2, 0.25) is 0 Å². The number of carbonyl (C=O) groups excluding carboxylic acids is 2. The second-order valence-corrected chi connectivity index (χ2v) is 5.39. The maximum atomic E-state index is 12.3. The molecule has 1 amide bonds. The number of nitrogens with zero attached hydrogens (tertiary/aromatic N) is 1. The summed E-state index contributed by atoms with van der Waals surface area (Å²) in [6, 6.07) is 0.297. The topological polar surface area (TPSA) is 46.6 Å². The highest BCUT2D eigenvalue weighted by atomic mass is 16.5. The number of ether oxygens (including phenoxy) is 1. The number of piperidine rings is 1. The largest absolute Gasteiger partial charge is 0.449 e. The summed E-state index contributed by atoms with van der Waals surface area (Å²) in [4.78, 5) is 25.7. The van der Waals surface area contributed by atoms with Gasteiger partial charge in [0.15, 0.2) is 6.10 Å².